The van der Waals surface area contributed by atoms with E-state index in [2.05, 4.69) is 18.8 Å². The van der Waals surface area contributed by atoms with Crippen molar-refractivity contribution >= 4 is 5.97 Å². The molecule has 0 fully saturated rings. The van der Waals surface area contributed by atoms with E-state index in [9.17, 15) is 4.79 Å². The van der Waals surface area contributed by atoms with Crippen LogP contribution in [0.3, 0.4) is 0 Å². The Morgan fingerprint density at radius 1 is 1.45 bits per heavy atom. The lowest BCUT2D eigenvalue weighted by Crippen LogP contribution is -2.11. The van der Waals surface area contributed by atoms with Gasteiger partial charge < -0.3 is 9.84 Å². The Kier molecular flexibility index (Phi) is 6.66. The largest absolute Gasteiger partial charge is 0.491 e. The molecule has 3 nitrogen and oxygen atoms in total. The molecule has 1 aromatic rings. The van der Waals surface area contributed by atoms with Crippen molar-refractivity contribution in [1.29, 1.82) is 0 Å². The Bertz CT molecular complexity index is 496. The molecule has 1 rings (SSSR count). The van der Waals surface area contributed by atoms with Gasteiger partial charge in [-0.15, -0.1) is 5.92 Å². The van der Waals surface area contributed by atoms with Crippen LogP contribution in [-0.2, 0) is 4.79 Å². The molecule has 0 amide bonds. The Labute approximate surface area is 121 Å². The third-order valence-corrected chi connectivity index (χ3v) is 2.99. The summed E-state index contributed by atoms with van der Waals surface area (Å²) in [4.78, 5) is 10.9. The lowest BCUT2D eigenvalue weighted by atomic mass is 9.96. The van der Waals surface area contributed by atoms with E-state index < -0.39 is 5.97 Å². The molecule has 1 N–H and O–H groups in total. The van der Waals surface area contributed by atoms with E-state index >= 15 is 0 Å². The fourth-order valence-corrected chi connectivity index (χ4v) is 2.10. The molecule has 1 aromatic carbocycles. The van der Waals surface area contributed by atoms with Crippen LogP contribution in [0.15, 0.2) is 24.3 Å². The lowest BCUT2D eigenvalue weighted by Gasteiger charge is -2.16. The maximum Gasteiger partial charge on any atom is 0.304 e. The van der Waals surface area contributed by atoms with Crippen molar-refractivity contribution in [2.45, 2.75) is 52.1 Å². The van der Waals surface area contributed by atoms with E-state index in [1.807, 2.05) is 31.2 Å². The summed E-state index contributed by atoms with van der Waals surface area (Å²) < 4.78 is 5.83. The van der Waals surface area contributed by atoms with Gasteiger partial charge in [0.15, 0.2) is 0 Å². The van der Waals surface area contributed by atoms with Crippen molar-refractivity contribution < 1.29 is 14.6 Å². The minimum Gasteiger partial charge on any atom is -0.491 e. The second kappa shape index (κ2) is 8.27. The maximum absolute atomic E-state index is 10.9. The Morgan fingerprint density at radius 3 is 2.80 bits per heavy atom. The lowest BCUT2D eigenvalue weighted by molar-refractivity contribution is -0.137. The van der Waals surface area contributed by atoms with Crippen LogP contribution in [0, 0.1) is 11.8 Å². The number of benzene rings is 1. The van der Waals surface area contributed by atoms with Crippen LogP contribution in [0.2, 0.25) is 0 Å². The molecular formula is C17H22O3. The predicted molar refractivity (Wildman–Crippen MR) is 79.9 cm³/mol. The van der Waals surface area contributed by atoms with Gasteiger partial charge in [0.05, 0.1) is 18.4 Å². The zero-order chi connectivity index (χ0) is 15.0. The summed E-state index contributed by atoms with van der Waals surface area (Å²) in [6.07, 6.45) is 2.24. The van der Waals surface area contributed by atoms with Gasteiger partial charge in [0.1, 0.15) is 5.75 Å². The van der Waals surface area contributed by atoms with Crippen molar-refractivity contribution in [3.63, 3.8) is 0 Å². The van der Waals surface area contributed by atoms with Gasteiger partial charge >= 0.3 is 5.97 Å². The summed E-state index contributed by atoms with van der Waals surface area (Å²) in [6.45, 7) is 5.88. The molecular weight excluding hydrogens is 252 g/mol. The molecule has 0 aliphatic rings. The van der Waals surface area contributed by atoms with Crippen LogP contribution in [0.1, 0.15) is 51.5 Å². The van der Waals surface area contributed by atoms with Crippen molar-refractivity contribution in [3.05, 3.63) is 29.8 Å². The van der Waals surface area contributed by atoms with E-state index in [1.165, 1.54) is 0 Å². The van der Waals surface area contributed by atoms with Gasteiger partial charge in [-0.3, -0.25) is 4.79 Å². The first-order valence-electron chi connectivity index (χ1n) is 6.97. The van der Waals surface area contributed by atoms with E-state index in [-0.39, 0.29) is 18.4 Å². The zero-order valence-electron chi connectivity index (χ0n) is 12.3. The van der Waals surface area contributed by atoms with E-state index in [1.54, 1.807) is 6.92 Å². The molecule has 0 aliphatic heterocycles. The minimum atomic E-state index is -0.844. The normalized spacial score (nSPS) is 12.9. The predicted octanol–water partition coefficient (Wildman–Crippen LogP) is 3.84. The third kappa shape index (κ3) is 5.36. The number of aliphatic carboxylic acids is 1. The first-order valence-corrected chi connectivity index (χ1v) is 6.97. The summed E-state index contributed by atoms with van der Waals surface area (Å²) in [5.41, 5.74) is 0.892. The molecule has 3 heteroatoms. The topological polar surface area (TPSA) is 46.5 Å². The molecule has 0 saturated heterocycles. The van der Waals surface area contributed by atoms with Gasteiger partial charge in [-0.25, -0.2) is 0 Å². The highest BCUT2D eigenvalue weighted by Crippen LogP contribution is 2.24. The zero-order valence-corrected chi connectivity index (χ0v) is 12.3. The number of carboxylic acid groups (broad SMARTS) is 1. The van der Waals surface area contributed by atoms with Crippen LogP contribution < -0.4 is 4.74 Å². The van der Waals surface area contributed by atoms with Crippen LogP contribution in [0.5, 0.6) is 5.75 Å². The number of hydrogen-bond donors (Lipinski definition) is 1. The van der Waals surface area contributed by atoms with Crippen LogP contribution in [0.4, 0.5) is 0 Å². The Morgan fingerprint density at radius 2 is 2.20 bits per heavy atom. The second-order valence-corrected chi connectivity index (χ2v) is 4.83. The molecule has 0 aromatic heterocycles. The van der Waals surface area contributed by atoms with Gasteiger partial charge in [-0.2, -0.15) is 0 Å². The molecule has 0 saturated carbocycles. The van der Waals surface area contributed by atoms with E-state index in [0.717, 1.165) is 24.2 Å². The van der Waals surface area contributed by atoms with Gasteiger partial charge in [0.25, 0.3) is 0 Å². The number of rotatable bonds is 7. The molecule has 1 unspecified atom stereocenters. The molecule has 0 spiro atoms. The number of hydrogen-bond acceptors (Lipinski definition) is 2. The minimum absolute atomic E-state index is 0.00874. The fraction of sp³-hybridized carbons (Fsp3) is 0.471. The number of carbonyl (C=O) groups is 1. The van der Waals surface area contributed by atoms with Crippen LogP contribution >= 0.6 is 0 Å². The SMILES string of the molecule is CC#C[C@@H](CC(=O)O)c1cccc(OC(C)CCC)c1. The van der Waals surface area contributed by atoms with E-state index in [4.69, 9.17) is 9.84 Å². The van der Waals surface area contributed by atoms with Crippen molar-refractivity contribution in [2.24, 2.45) is 0 Å². The molecule has 2 atom stereocenters. The van der Waals surface area contributed by atoms with Crippen LogP contribution in [-0.4, -0.2) is 17.2 Å². The Hall–Kier alpha value is -1.95. The second-order valence-electron chi connectivity index (χ2n) is 4.83. The van der Waals surface area contributed by atoms with Crippen molar-refractivity contribution in [2.75, 3.05) is 0 Å². The van der Waals surface area contributed by atoms with Crippen LogP contribution in [0.25, 0.3) is 0 Å². The fourth-order valence-electron chi connectivity index (χ4n) is 2.10. The highest BCUT2D eigenvalue weighted by atomic mass is 16.5. The first-order chi connectivity index (χ1) is 9.56. The van der Waals surface area contributed by atoms with Gasteiger partial charge in [0, 0.05) is 0 Å². The van der Waals surface area contributed by atoms with E-state index in [0.29, 0.717) is 0 Å². The Balaban J connectivity index is 2.88. The average molecular weight is 274 g/mol. The summed E-state index contributed by atoms with van der Waals surface area (Å²) in [5.74, 6) is 5.39. The van der Waals surface area contributed by atoms with Gasteiger partial charge in [0.2, 0.25) is 0 Å². The summed E-state index contributed by atoms with van der Waals surface area (Å²) in [7, 11) is 0. The van der Waals surface area contributed by atoms with Gasteiger partial charge in [-0.1, -0.05) is 31.4 Å². The molecule has 0 aliphatic carbocycles. The van der Waals surface area contributed by atoms with Crippen molar-refractivity contribution in [3.8, 4) is 17.6 Å². The molecule has 0 radical (unpaired) electrons. The highest BCUT2D eigenvalue weighted by molar-refractivity contribution is 5.69. The molecule has 0 bridgehead atoms. The van der Waals surface area contributed by atoms with Gasteiger partial charge in [-0.05, 0) is 38.0 Å². The standard InChI is InChI=1S/C17H22O3/c1-4-7-13(3)20-16-10-6-9-15(11-16)14(8-5-2)12-17(18)19/h6,9-11,13-14H,4,7,12H2,1-3H3,(H,18,19)/t13?,14-/m0/s1. The summed E-state index contributed by atoms with van der Waals surface area (Å²) in [5, 5.41) is 8.96. The van der Waals surface area contributed by atoms with Crippen molar-refractivity contribution in [1.82, 2.24) is 0 Å². The molecule has 20 heavy (non-hydrogen) atoms. The monoisotopic (exact) mass is 274 g/mol. The highest BCUT2D eigenvalue weighted by Gasteiger charge is 2.14. The number of carboxylic acids is 1. The quantitative estimate of drug-likeness (QED) is 0.768. The maximum atomic E-state index is 10.9. The number of ether oxygens (including phenoxy) is 1. The smallest absolute Gasteiger partial charge is 0.304 e. The summed E-state index contributed by atoms with van der Waals surface area (Å²) >= 11 is 0. The third-order valence-electron chi connectivity index (χ3n) is 2.99. The first kappa shape index (κ1) is 16.1. The average Bonchev–Trinajstić information content (AvgIpc) is 2.38. The molecule has 108 valence electrons. The molecule has 0 heterocycles. The summed E-state index contributed by atoms with van der Waals surface area (Å²) in [6, 6.07) is 7.57.